The number of piperidine rings is 1. The molecule has 0 aliphatic carbocycles. The van der Waals surface area contributed by atoms with E-state index in [1.54, 1.807) is 7.11 Å². The van der Waals surface area contributed by atoms with Crippen LogP contribution in [0, 0.1) is 6.92 Å². The molecule has 0 spiro atoms. The highest BCUT2D eigenvalue weighted by molar-refractivity contribution is 5.73. The zero-order chi connectivity index (χ0) is 23.2. The van der Waals surface area contributed by atoms with Crippen molar-refractivity contribution in [3.63, 3.8) is 0 Å². The number of aliphatic carboxylic acids is 1. The van der Waals surface area contributed by atoms with Crippen LogP contribution in [0.4, 0.5) is 0 Å². The Hall–Kier alpha value is -3.31. The van der Waals surface area contributed by atoms with Crippen molar-refractivity contribution in [3.8, 4) is 11.5 Å². The first-order valence-electron chi connectivity index (χ1n) is 11.5. The Kier molecular flexibility index (Phi) is 7.30. The van der Waals surface area contributed by atoms with Crippen LogP contribution >= 0.6 is 0 Å². The van der Waals surface area contributed by atoms with Gasteiger partial charge in [-0.25, -0.2) is 0 Å². The molecule has 1 aliphatic heterocycles. The van der Waals surface area contributed by atoms with E-state index >= 15 is 0 Å². The molecule has 5 heteroatoms. The minimum absolute atomic E-state index is 0.177. The fourth-order valence-corrected chi connectivity index (χ4v) is 4.65. The van der Waals surface area contributed by atoms with Gasteiger partial charge >= 0.3 is 5.97 Å². The van der Waals surface area contributed by atoms with Gasteiger partial charge < -0.3 is 14.6 Å². The maximum Gasteiger partial charge on any atom is 0.320 e. The van der Waals surface area contributed by atoms with Gasteiger partial charge in [-0.2, -0.15) is 0 Å². The first-order chi connectivity index (χ1) is 16.1. The lowest BCUT2D eigenvalue weighted by Gasteiger charge is -2.40. The van der Waals surface area contributed by atoms with E-state index < -0.39 is 12.0 Å². The lowest BCUT2D eigenvalue weighted by atomic mass is 9.91. The zero-order valence-electron chi connectivity index (χ0n) is 19.2. The van der Waals surface area contributed by atoms with Crippen molar-refractivity contribution in [2.24, 2.45) is 0 Å². The summed E-state index contributed by atoms with van der Waals surface area (Å²) in [5, 5.41) is 9.94. The molecule has 0 aromatic heterocycles. The molecular formula is C28H31NO4. The highest BCUT2D eigenvalue weighted by Gasteiger charge is 2.35. The smallest absolute Gasteiger partial charge is 0.320 e. The number of ether oxygens (including phenoxy) is 2. The third-order valence-corrected chi connectivity index (χ3v) is 6.26. The Morgan fingerprint density at radius 2 is 1.79 bits per heavy atom. The Balaban J connectivity index is 1.69. The lowest BCUT2D eigenvalue weighted by molar-refractivity contribution is -0.145. The molecule has 33 heavy (non-hydrogen) atoms. The van der Waals surface area contributed by atoms with Crippen LogP contribution in [-0.2, 0) is 11.4 Å². The second kappa shape index (κ2) is 10.5. The second-order valence-corrected chi connectivity index (χ2v) is 8.59. The number of methoxy groups -OCH3 is 1. The summed E-state index contributed by atoms with van der Waals surface area (Å²) in [5.41, 5.74) is 4.32. The van der Waals surface area contributed by atoms with E-state index in [1.165, 1.54) is 0 Å². The predicted molar refractivity (Wildman–Crippen MR) is 129 cm³/mol. The highest BCUT2D eigenvalue weighted by atomic mass is 16.5. The van der Waals surface area contributed by atoms with Gasteiger partial charge in [-0.1, -0.05) is 72.6 Å². The molecule has 1 aliphatic rings. The summed E-state index contributed by atoms with van der Waals surface area (Å²) >= 11 is 0. The third kappa shape index (κ3) is 5.37. The Bertz CT molecular complexity index is 1080. The largest absolute Gasteiger partial charge is 0.493 e. The van der Waals surface area contributed by atoms with Gasteiger partial charge in [-0.05, 0) is 55.1 Å². The number of aryl methyl sites for hydroxylation is 1. The molecule has 2 unspecified atom stereocenters. The molecule has 1 heterocycles. The molecule has 1 N–H and O–H groups in total. The summed E-state index contributed by atoms with van der Waals surface area (Å²) < 4.78 is 11.7. The van der Waals surface area contributed by atoms with Gasteiger partial charge in [0, 0.05) is 0 Å². The van der Waals surface area contributed by atoms with Crippen molar-refractivity contribution in [3.05, 3.63) is 95.1 Å². The monoisotopic (exact) mass is 445 g/mol. The van der Waals surface area contributed by atoms with Crippen LogP contribution in [-0.4, -0.2) is 35.7 Å². The van der Waals surface area contributed by atoms with Gasteiger partial charge in [0.1, 0.15) is 12.6 Å². The third-order valence-electron chi connectivity index (χ3n) is 6.26. The minimum Gasteiger partial charge on any atom is -0.493 e. The Morgan fingerprint density at radius 3 is 2.52 bits per heavy atom. The van der Waals surface area contributed by atoms with Crippen molar-refractivity contribution in [1.29, 1.82) is 0 Å². The molecule has 1 saturated heterocycles. The van der Waals surface area contributed by atoms with E-state index in [-0.39, 0.29) is 6.04 Å². The number of benzene rings is 3. The number of hydrogen-bond acceptors (Lipinski definition) is 4. The van der Waals surface area contributed by atoms with E-state index in [1.807, 2.05) is 54.6 Å². The quantitative estimate of drug-likeness (QED) is 0.488. The Labute approximate surface area is 195 Å². The molecule has 0 saturated carbocycles. The van der Waals surface area contributed by atoms with Crippen LogP contribution in [0.3, 0.4) is 0 Å². The standard InChI is InChI=1S/C28H31NO4/c1-20-9-8-12-22(17-20)27(29-16-7-6-13-24(29)28(30)31)23-14-15-25(26(18-23)32-2)33-19-21-10-4-3-5-11-21/h3-5,8-12,14-15,17-18,24,27H,6-7,13,16,19H2,1-2H3,(H,30,31). The first-order valence-corrected chi connectivity index (χ1v) is 11.5. The molecule has 4 rings (SSSR count). The van der Waals surface area contributed by atoms with E-state index in [2.05, 4.69) is 30.0 Å². The number of carboxylic acid groups (broad SMARTS) is 1. The van der Waals surface area contributed by atoms with Gasteiger partial charge in [-0.15, -0.1) is 0 Å². The summed E-state index contributed by atoms with van der Waals surface area (Å²) in [4.78, 5) is 14.2. The second-order valence-electron chi connectivity index (χ2n) is 8.59. The van der Waals surface area contributed by atoms with E-state index in [0.717, 1.165) is 41.6 Å². The number of carboxylic acids is 1. The summed E-state index contributed by atoms with van der Waals surface area (Å²) in [6, 6.07) is 23.6. The maximum atomic E-state index is 12.1. The van der Waals surface area contributed by atoms with Gasteiger partial charge in [0.25, 0.3) is 0 Å². The molecule has 3 aromatic carbocycles. The number of hydrogen-bond donors (Lipinski definition) is 1. The summed E-state index contributed by atoms with van der Waals surface area (Å²) in [6.45, 7) is 3.25. The minimum atomic E-state index is -0.762. The topological polar surface area (TPSA) is 59.0 Å². The van der Waals surface area contributed by atoms with Crippen molar-refractivity contribution < 1.29 is 19.4 Å². The van der Waals surface area contributed by atoms with Crippen LogP contribution in [0.1, 0.15) is 47.6 Å². The molecule has 3 aromatic rings. The van der Waals surface area contributed by atoms with Crippen LogP contribution in [0.15, 0.2) is 72.8 Å². The summed E-state index contributed by atoms with van der Waals surface area (Å²) in [5.74, 6) is 0.550. The molecule has 1 fully saturated rings. The highest BCUT2D eigenvalue weighted by Crippen LogP contribution is 2.38. The van der Waals surface area contributed by atoms with Crippen LogP contribution in [0.25, 0.3) is 0 Å². The molecule has 5 nitrogen and oxygen atoms in total. The van der Waals surface area contributed by atoms with Crippen molar-refractivity contribution >= 4 is 5.97 Å². The van der Waals surface area contributed by atoms with Crippen LogP contribution in [0.5, 0.6) is 11.5 Å². The molecule has 0 bridgehead atoms. The Morgan fingerprint density at radius 1 is 1.00 bits per heavy atom. The van der Waals surface area contributed by atoms with Gasteiger partial charge in [0.05, 0.1) is 13.2 Å². The van der Waals surface area contributed by atoms with Crippen LogP contribution < -0.4 is 9.47 Å². The SMILES string of the molecule is COc1cc(C(c2cccc(C)c2)N2CCCCC2C(=O)O)ccc1OCc1ccccc1. The van der Waals surface area contributed by atoms with Crippen LogP contribution in [0.2, 0.25) is 0 Å². The molecule has 0 radical (unpaired) electrons. The van der Waals surface area contributed by atoms with Gasteiger partial charge in [-0.3, -0.25) is 9.69 Å². The van der Waals surface area contributed by atoms with E-state index in [9.17, 15) is 9.90 Å². The lowest BCUT2D eigenvalue weighted by Crippen LogP contribution is -2.46. The number of rotatable bonds is 8. The van der Waals surface area contributed by atoms with E-state index in [0.29, 0.717) is 24.5 Å². The van der Waals surface area contributed by atoms with Gasteiger partial charge in [0.2, 0.25) is 0 Å². The van der Waals surface area contributed by atoms with Crippen molar-refractivity contribution in [2.75, 3.05) is 13.7 Å². The molecule has 0 amide bonds. The molecular weight excluding hydrogens is 414 g/mol. The van der Waals surface area contributed by atoms with Gasteiger partial charge in [0.15, 0.2) is 11.5 Å². The van der Waals surface area contributed by atoms with Crippen molar-refractivity contribution in [2.45, 2.75) is 44.9 Å². The average molecular weight is 446 g/mol. The number of carbonyl (C=O) groups is 1. The van der Waals surface area contributed by atoms with Crippen molar-refractivity contribution in [1.82, 2.24) is 4.90 Å². The summed E-state index contributed by atoms with van der Waals surface area (Å²) in [7, 11) is 1.64. The average Bonchev–Trinajstić information content (AvgIpc) is 2.84. The van der Waals surface area contributed by atoms with E-state index in [4.69, 9.17) is 9.47 Å². The maximum absolute atomic E-state index is 12.1. The normalized spacial score (nSPS) is 17.3. The number of likely N-dealkylation sites (tertiary alicyclic amines) is 1. The fraction of sp³-hybridized carbons (Fsp3) is 0.321. The fourth-order valence-electron chi connectivity index (χ4n) is 4.65. The molecule has 172 valence electrons. The first kappa shape index (κ1) is 22.9. The predicted octanol–water partition coefficient (Wildman–Crippen LogP) is 5.61. The molecule has 2 atom stereocenters. The zero-order valence-corrected chi connectivity index (χ0v) is 19.2. The summed E-state index contributed by atoms with van der Waals surface area (Å²) in [6.07, 6.45) is 2.58. The number of nitrogens with zero attached hydrogens (tertiary/aromatic N) is 1.